The van der Waals surface area contributed by atoms with Crippen LogP contribution in [0.3, 0.4) is 0 Å². The third-order valence-electron chi connectivity index (χ3n) is 4.56. The Morgan fingerprint density at radius 3 is 2.92 bits per heavy atom. The summed E-state index contributed by atoms with van der Waals surface area (Å²) in [6, 6.07) is 11.0. The molecule has 1 aliphatic rings. The predicted molar refractivity (Wildman–Crippen MR) is 105 cm³/mol. The quantitative estimate of drug-likeness (QED) is 0.722. The molecule has 1 saturated heterocycles. The van der Waals surface area contributed by atoms with Crippen LogP contribution in [0.5, 0.6) is 0 Å². The zero-order valence-electron chi connectivity index (χ0n) is 14.9. The van der Waals surface area contributed by atoms with E-state index in [1.54, 1.807) is 23.1 Å². The van der Waals surface area contributed by atoms with Gasteiger partial charge in [0.25, 0.3) is 0 Å². The molecule has 6 heteroatoms. The van der Waals surface area contributed by atoms with Crippen molar-refractivity contribution in [3.63, 3.8) is 0 Å². The number of hydrogen-bond donors (Lipinski definition) is 0. The van der Waals surface area contributed by atoms with Gasteiger partial charge in [0.05, 0.1) is 5.75 Å². The van der Waals surface area contributed by atoms with Gasteiger partial charge in [-0.15, -0.1) is 11.3 Å². The number of piperidine rings is 1. The first-order valence-corrected chi connectivity index (χ1v) is 10.5. The first-order valence-electron chi connectivity index (χ1n) is 8.68. The Hall–Kier alpha value is -1.37. The van der Waals surface area contributed by atoms with E-state index in [-0.39, 0.29) is 5.91 Å². The first kappa shape index (κ1) is 18.4. The molecule has 0 N–H and O–H groups in total. The van der Waals surface area contributed by atoms with Crippen molar-refractivity contribution in [3.05, 3.63) is 47.0 Å². The molecule has 1 atom stereocenters. The van der Waals surface area contributed by atoms with E-state index in [1.807, 2.05) is 23.3 Å². The van der Waals surface area contributed by atoms with Crippen molar-refractivity contribution < 1.29 is 4.79 Å². The Morgan fingerprint density at radius 1 is 1.40 bits per heavy atom. The van der Waals surface area contributed by atoms with Crippen LogP contribution >= 0.6 is 23.1 Å². The molecule has 1 aliphatic heterocycles. The molecule has 1 fully saturated rings. The summed E-state index contributed by atoms with van der Waals surface area (Å²) in [4.78, 5) is 21.4. The number of likely N-dealkylation sites (N-methyl/N-ethyl adjacent to an activating group) is 1. The maximum absolute atomic E-state index is 12.6. The molecule has 0 radical (unpaired) electrons. The van der Waals surface area contributed by atoms with Crippen molar-refractivity contribution >= 4 is 29.0 Å². The highest BCUT2D eigenvalue weighted by molar-refractivity contribution is 8.01. The minimum atomic E-state index is 0.232. The Kier molecular flexibility index (Phi) is 6.51. The summed E-state index contributed by atoms with van der Waals surface area (Å²) < 4.78 is 0.987. The predicted octanol–water partition coefficient (Wildman–Crippen LogP) is 3.67. The summed E-state index contributed by atoms with van der Waals surface area (Å²) in [5.74, 6) is 0.720. The molecule has 25 heavy (non-hydrogen) atoms. The number of amides is 1. The highest BCUT2D eigenvalue weighted by Gasteiger charge is 2.26. The molecule has 1 aromatic carbocycles. The van der Waals surface area contributed by atoms with Crippen molar-refractivity contribution in [1.82, 2.24) is 14.8 Å². The van der Waals surface area contributed by atoms with Crippen molar-refractivity contribution in [3.8, 4) is 0 Å². The molecule has 134 valence electrons. The van der Waals surface area contributed by atoms with Gasteiger partial charge in [0.2, 0.25) is 5.91 Å². The van der Waals surface area contributed by atoms with E-state index >= 15 is 0 Å². The number of aryl methyl sites for hydroxylation is 1. The van der Waals surface area contributed by atoms with Crippen LogP contribution in [0.4, 0.5) is 0 Å². The second kappa shape index (κ2) is 8.83. The first-order chi connectivity index (χ1) is 12.1. The number of hydrogen-bond acceptors (Lipinski definition) is 5. The van der Waals surface area contributed by atoms with E-state index in [0.717, 1.165) is 42.5 Å². The smallest absolute Gasteiger partial charge is 0.233 e. The van der Waals surface area contributed by atoms with Gasteiger partial charge in [-0.2, -0.15) is 0 Å². The Labute approximate surface area is 158 Å². The Bertz CT molecular complexity index is 689. The molecule has 4 nitrogen and oxygen atoms in total. The summed E-state index contributed by atoms with van der Waals surface area (Å²) in [7, 11) is 2.17. The van der Waals surface area contributed by atoms with Crippen LogP contribution in [0, 0.1) is 6.92 Å². The maximum Gasteiger partial charge on any atom is 0.233 e. The van der Waals surface area contributed by atoms with E-state index in [9.17, 15) is 4.79 Å². The van der Waals surface area contributed by atoms with Gasteiger partial charge in [0.1, 0.15) is 0 Å². The lowest BCUT2D eigenvalue weighted by atomic mass is 10.0. The van der Waals surface area contributed by atoms with E-state index < -0.39 is 0 Å². The van der Waals surface area contributed by atoms with Crippen LogP contribution in [0.25, 0.3) is 0 Å². The molecule has 2 heterocycles. The summed E-state index contributed by atoms with van der Waals surface area (Å²) in [5.41, 5.74) is 2.35. The van der Waals surface area contributed by atoms with Crippen molar-refractivity contribution in [2.45, 2.75) is 36.7 Å². The number of carbonyl (C=O) groups excluding carboxylic acids is 1. The lowest BCUT2D eigenvalue weighted by Crippen LogP contribution is -2.48. The number of rotatable bonds is 6. The van der Waals surface area contributed by atoms with Gasteiger partial charge in [0, 0.05) is 36.8 Å². The fourth-order valence-corrected chi connectivity index (χ4v) is 4.91. The van der Waals surface area contributed by atoms with Crippen LogP contribution < -0.4 is 0 Å². The van der Waals surface area contributed by atoms with E-state index in [0.29, 0.717) is 11.8 Å². The Balaban J connectivity index is 1.50. The maximum atomic E-state index is 12.6. The van der Waals surface area contributed by atoms with Gasteiger partial charge in [-0.25, -0.2) is 4.98 Å². The topological polar surface area (TPSA) is 36.4 Å². The summed E-state index contributed by atoms with van der Waals surface area (Å²) >= 11 is 3.18. The summed E-state index contributed by atoms with van der Waals surface area (Å²) in [5, 5.41) is 2.03. The van der Waals surface area contributed by atoms with Gasteiger partial charge in [-0.1, -0.05) is 42.1 Å². The molecule has 0 aliphatic carbocycles. The summed E-state index contributed by atoms with van der Waals surface area (Å²) in [6.07, 6.45) is 2.24. The van der Waals surface area contributed by atoms with Gasteiger partial charge in [0.15, 0.2) is 4.34 Å². The van der Waals surface area contributed by atoms with Crippen molar-refractivity contribution in [1.29, 1.82) is 0 Å². The third kappa shape index (κ3) is 5.30. The molecule has 1 amide bonds. The summed E-state index contributed by atoms with van der Waals surface area (Å²) in [6.45, 7) is 4.63. The Morgan fingerprint density at radius 2 is 2.20 bits per heavy atom. The second-order valence-electron chi connectivity index (χ2n) is 6.58. The molecule has 3 rings (SSSR count). The zero-order chi connectivity index (χ0) is 17.6. The molecule has 0 bridgehead atoms. The monoisotopic (exact) mass is 375 g/mol. The molecular formula is C19H25N3OS2. The molecule has 2 aromatic rings. The number of thioether (sulfide) groups is 1. The number of carbonyl (C=O) groups is 1. The van der Waals surface area contributed by atoms with Crippen molar-refractivity contribution in [2.24, 2.45) is 0 Å². The van der Waals surface area contributed by atoms with Crippen LogP contribution in [0.2, 0.25) is 0 Å². The van der Waals surface area contributed by atoms with Gasteiger partial charge >= 0.3 is 0 Å². The zero-order valence-corrected chi connectivity index (χ0v) is 16.5. The van der Waals surface area contributed by atoms with Gasteiger partial charge < -0.3 is 4.90 Å². The minimum Gasteiger partial charge on any atom is -0.340 e. The number of thiazole rings is 1. The number of aromatic nitrogens is 1. The molecule has 1 unspecified atom stereocenters. The number of nitrogens with zero attached hydrogens (tertiary/aromatic N) is 3. The van der Waals surface area contributed by atoms with E-state index in [4.69, 9.17) is 0 Å². The molecule has 0 saturated carbocycles. The van der Waals surface area contributed by atoms with Crippen LogP contribution in [0.1, 0.15) is 24.1 Å². The normalized spacial score (nSPS) is 17.9. The molecular weight excluding hydrogens is 350 g/mol. The average Bonchev–Trinajstić information content (AvgIpc) is 3.06. The van der Waals surface area contributed by atoms with Crippen molar-refractivity contribution in [2.75, 3.05) is 25.9 Å². The van der Waals surface area contributed by atoms with E-state index in [2.05, 4.69) is 41.2 Å². The average molecular weight is 376 g/mol. The SMILES string of the molecule is Cc1csc(SCC(=O)N2CCCC(N(C)Cc3ccccc3)C2)n1. The number of benzene rings is 1. The number of likely N-dealkylation sites (tertiary alicyclic amines) is 1. The fourth-order valence-electron chi connectivity index (χ4n) is 3.15. The third-order valence-corrected chi connectivity index (χ3v) is 6.69. The lowest BCUT2D eigenvalue weighted by Gasteiger charge is -2.37. The standard InChI is InChI=1S/C19H25N3OS2/c1-15-13-24-19(20-15)25-14-18(23)22-10-6-9-17(12-22)21(2)11-16-7-4-3-5-8-16/h3-5,7-8,13,17H,6,9-12,14H2,1-2H3. The largest absolute Gasteiger partial charge is 0.340 e. The minimum absolute atomic E-state index is 0.232. The van der Waals surface area contributed by atoms with Crippen LogP contribution in [-0.4, -0.2) is 52.6 Å². The van der Waals surface area contributed by atoms with Crippen LogP contribution in [0.15, 0.2) is 40.1 Å². The molecule has 1 aromatic heterocycles. The fraction of sp³-hybridized carbons (Fsp3) is 0.474. The highest BCUT2D eigenvalue weighted by atomic mass is 32.2. The van der Waals surface area contributed by atoms with E-state index in [1.165, 1.54) is 5.56 Å². The lowest BCUT2D eigenvalue weighted by molar-refractivity contribution is -0.130. The second-order valence-corrected chi connectivity index (χ2v) is 8.66. The van der Waals surface area contributed by atoms with Gasteiger partial charge in [-0.05, 0) is 32.4 Å². The van der Waals surface area contributed by atoms with Crippen LogP contribution in [-0.2, 0) is 11.3 Å². The van der Waals surface area contributed by atoms with Gasteiger partial charge in [-0.3, -0.25) is 9.69 Å². The molecule has 0 spiro atoms. The highest BCUT2D eigenvalue weighted by Crippen LogP contribution is 2.24.